The van der Waals surface area contributed by atoms with Crippen LogP contribution in [0.25, 0.3) is 28.1 Å². The molecule has 0 amide bonds. The highest BCUT2D eigenvalue weighted by atomic mass is 35.5. The lowest BCUT2D eigenvalue weighted by Crippen LogP contribution is -2.16. The van der Waals surface area contributed by atoms with E-state index in [9.17, 15) is 13.5 Å². The Morgan fingerprint density at radius 1 is 0.906 bits per heavy atom. The Hall–Kier alpha value is -2.97. The van der Waals surface area contributed by atoms with Crippen molar-refractivity contribution in [1.82, 2.24) is 9.78 Å². The van der Waals surface area contributed by atoms with E-state index in [1.165, 1.54) is 6.07 Å². The molecule has 1 aromatic heterocycles. The number of primary sulfonamides is 1. The van der Waals surface area contributed by atoms with Crippen molar-refractivity contribution in [2.45, 2.75) is 24.3 Å². The quantitative estimate of drug-likeness (QED) is 0.443. The van der Waals surface area contributed by atoms with Crippen LogP contribution in [0.3, 0.4) is 0 Å². The summed E-state index contributed by atoms with van der Waals surface area (Å²) in [6.45, 7) is 3.36. The molecule has 4 rings (SSSR count). The van der Waals surface area contributed by atoms with E-state index in [0.29, 0.717) is 16.4 Å². The minimum atomic E-state index is -3.78. The van der Waals surface area contributed by atoms with Gasteiger partial charge in [-0.3, -0.25) is 0 Å². The summed E-state index contributed by atoms with van der Waals surface area (Å²) in [5, 5.41) is 20.9. The first-order valence-corrected chi connectivity index (χ1v) is 11.8. The van der Waals surface area contributed by atoms with Gasteiger partial charge in [0.05, 0.1) is 27.0 Å². The van der Waals surface area contributed by atoms with E-state index in [2.05, 4.69) is 5.10 Å². The number of sulfonamides is 1. The van der Waals surface area contributed by atoms with E-state index in [4.69, 9.17) is 16.7 Å². The van der Waals surface area contributed by atoms with Crippen molar-refractivity contribution in [2.75, 3.05) is 0 Å². The fourth-order valence-electron chi connectivity index (χ4n) is 3.38. The average Bonchev–Trinajstić information content (AvgIpc) is 3.19. The zero-order valence-corrected chi connectivity index (χ0v) is 19.1. The standard InChI is InChI=1S/C24H22ClN3O3S/c1-24(2,29)23-15-22(28(27-23)21-9-4-3-8-20(21)25)17-12-10-16(11-13-17)18-6-5-7-19(14-18)32(26,30)31/h3-15,29H,1-2H3,(H2,26,30,31). The summed E-state index contributed by atoms with van der Waals surface area (Å²) in [4.78, 5) is 0.0608. The van der Waals surface area contributed by atoms with Gasteiger partial charge in [0.25, 0.3) is 0 Å². The molecule has 0 spiro atoms. The molecule has 3 N–H and O–H groups in total. The molecule has 0 radical (unpaired) electrons. The molecule has 1 heterocycles. The van der Waals surface area contributed by atoms with Gasteiger partial charge in [0.15, 0.2) is 0 Å². The van der Waals surface area contributed by atoms with Crippen LogP contribution in [0.4, 0.5) is 0 Å². The van der Waals surface area contributed by atoms with Crippen molar-refractivity contribution in [3.05, 3.63) is 89.6 Å². The number of rotatable bonds is 5. The van der Waals surface area contributed by atoms with Gasteiger partial charge in [-0.25, -0.2) is 18.2 Å². The molecule has 0 fully saturated rings. The molecular formula is C24H22ClN3O3S. The molecule has 32 heavy (non-hydrogen) atoms. The Morgan fingerprint density at radius 2 is 1.56 bits per heavy atom. The summed E-state index contributed by atoms with van der Waals surface area (Å²) in [5.41, 5.74) is 3.28. The summed E-state index contributed by atoms with van der Waals surface area (Å²) in [5.74, 6) is 0. The molecule has 0 aliphatic rings. The van der Waals surface area contributed by atoms with Gasteiger partial charge in [-0.15, -0.1) is 0 Å². The number of aromatic nitrogens is 2. The Balaban J connectivity index is 1.80. The number of nitrogens with two attached hydrogens (primary N) is 1. The third-order valence-electron chi connectivity index (χ3n) is 5.09. The molecule has 0 atom stereocenters. The van der Waals surface area contributed by atoms with Crippen LogP contribution in [-0.2, 0) is 15.6 Å². The maximum absolute atomic E-state index is 11.7. The molecule has 0 aliphatic carbocycles. The van der Waals surface area contributed by atoms with Crippen molar-refractivity contribution in [1.29, 1.82) is 0 Å². The SMILES string of the molecule is CC(C)(O)c1cc(-c2ccc(-c3cccc(S(N)(=O)=O)c3)cc2)n(-c2ccccc2Cl)n1. The van der Waals surface area contributed by atoms with Gasteiger partial charge >= 0.3 is 0 Å². The summed E-state index contributed by atoms with van der Waals surface area (Å²) >= 11 is 6.42. The van der Waals surface area contributed by atoms with Gasteiger partial charge in [-0.1, -0.05) is 60.1 Å². The number of benzene rings is 3. The van der Waals surface area contributed by atoms with Gasteiger partial charge in [0, 0.05) is 5.56 Å². The molecule has 4 aromatic rings. The second kappa shape index (κ2) is 8.18. The topological polar surface area (TPSA) is 98.2 Å². The van der Waals surface area contributed by atoms with Crippen LogP contribution >= 0.6 is 11.6 Å². The number of nitrogens with zero attached hydrogens (tertiary/aromatic N) is 2. The fraction of sp³-hybridized carbons (Fsp3) is 0.125. The molecule has 8 heteroatoms. The molecule has 0 saturated heterocycles. The van der Waals surface area contributed by atoms with Crippen molar-refractivity contribution in [3.8, 4) is 28.1 Å². The molecular weight excluding hydrogens is 446 g/mol. The Kier molecular flexibility index (Phi) is 5.68. The summed E-state index contributed by atoms with van der Waals surface area (Å²) in [6.07, 6.45) is 0. The predicted molar refractivity (Wildman–Crippen MR) is 126 cm³/mol. The maximum atomic E-state index is 11.7. The van der Waals surface area contributed by atoms with Gasteiger partial charge in [-0.05, 0) is 55.3 Å². The minimum absolute atomic E-state index is 0.0608. The van der Waals surface area contributed by atoms with Gasteiger partial charge in [-0.2, -0.15) is 5.10 Å². The van der Waals surface area contributed by atoms with E-state index in [1.54, 1.807) is 36.7 Å². The third kappa shape index (κ3) is 4.47. The zero-order valence-electron chi connectivity index (χ0n) is 17.5. The molecule has 164 valence electrons. The first kappa shape index (κ1) is 22.2. The van der Waals surface area contributed by atoms with Crippen LogP contribution in [0.2, 0.25) is 5.02 Å². The van der Waals surface area contributed by atoms with Crippen LogP contribution in [0.1, 0.15) is 19.5 Å². The van der Waals surface area contributed by atoms with Crippen molar-refractivity contribution in [2.24, 2.45) is 5.14 Å². The van der Waals surface area contributed by atoms with E-state index in [1.807, 2.05) is 54.6 Å². The van der Waals surface area contributed by atoms with Gasteiger partial charge in [0.2, 0.25) is 10.0 Å². The highest BCUT2D eigenvalue weighted by Gasteiger charge is 2.23. The summed E-state index contributed by atoms with van der Waals surface area (Å²) < 4.78 is 25.1. The van der Waals surface area contributed by atoms with E-state index >= 15 is 0 Å². The molecule has 3 aromatic carbocycles. The lowest BCUT2D eigenvalue weighted by molar-refractivity contribution is 0.0734. The van der Waals surface area contributed by atoms with Crippen molar-refractivity contribution >= 4 is 21.6 Å². The normalized spacial score (nSPS) is 12.2. The average molecular weight is 468 g/mol. The van der Waals surface area contributed by atoms with Crippen molar-refractivity contribution in [3.63, 3.8) is 0 Å². The largest absolute Gasteiger partial charge is 0.384 e. The Morgan fingerprint density at radius 3 is 2.19 bits per heavy atom. The monoisotopic (exact) mass is 467 g/mol. The van der Waals surface area contributed by atoms with Crippen LogP contribution in [-0.4, -0.2) is 23.3 Å². The Labute approximate surface area is 192 Å². The first-order valence-electron chi connectivity index (χ1n) is 9.85. The second-order valence-electron chi connectivity index (χ2n) is 7.99. The highest BCUT2D eigenvalue weighted by molar-refractivity contribution is 7.89. The molecule has 6 nitrogen and oxygen atoms in total. The Bertz CT molecular complexity index is 1390. The van der Waals surface area contributed by atoms with Crippen LogP contribution < -0.4 is 5.14 Å². The minimum Gasteiger partial charge on any atom is -0.384 e. The molecule has 0 unspecified atom stereocenters. The van der Waals surface area contributed by atoms with Gasteiger partial charge < -0.3 is 5.11 Å². The molecule has 0 aliphatic heterocycles. The van der Waals surface area contributed by atoms with E-state index < -0.39 is 15.6 Å². The van der Waals surface area contributed by atoms with Crippen LogP contribution in [0.15, 0.2) is 83.8 Å². The second-order valence-corrected chi connectivity index (χ2v) is 9.96. The number of halogens is 1. The lowest BCUT2D eigenvalue weighted by atomic mass is 10.0. The highest BCUT2D eigenvalue weighted by Crippen LogP contribution is 2.32. The number of hydrogen-bond acceptors (Lipinski definition) is 4. The lowest BCUT2D eigenvalue weighted by Gasteiger charge is -2.13. The summed E-state index contributed by atoms with van der Waals surface area (Å²) in [6, 6.07) is 23.3. The maximum Gasteiger partial charge on any atom is 0.238 e. The third-order valence-corrected chi connectivity index (χ3v) is 6.32. The predicted octanol–water partition coefficient (Wildman–Crippen LogP) is 4.73. The number of para-hydroxylation sites is 1. The smallest absolute Gasteiger partial charge is 0.238 e. The van der Waals surface area contributed by atoms with E-state index in [-0.39, 0.29) is 4.90 Å². The van der Waals surface area contributed by atoms with Crippen molar-refractivity contribution < 1.29 is 13.5 Å². The first-order chi connectivity index (χ1) is 15.0. The zero-order chi connectivity index (χ0) is 23.1. The van der Waals surface area contributed by atoms with Gasteiger partial charge in [0.1, 0.15) is 5.60 Å². The number of hydrogen-bond donors (Lipinski definition) is 2. The number of aliphatic hydroxyl groups is 1. The molecule has 0 saturated carbocycles. The fourth-order valence-corrected chi connectivity index (χ4v) is 4.15. The van der Waals surface area contributed by atoms with E-state index in [0.717, 1.165) is 22.4 Å². The van der Waals surface area contributed by atoms with Crippen LogP contribution in [0, 0.1) is 0 Å². The molecule has 0 bridgehead atoms. The van der Waals surface area contributed by atoms with Crippen LogP contribution in [0.5, 0.6) is 0 Å². The summed E-state index contributed by atoms with van der Waals surface area (Å²) in [7, 11) is -3.78.